The molecule has 1 aromatic carbocycles. The zero-order valence-corrected chi connectivity index (χ0v) is 13.2. The first kappa shape index (κ1) is 14.1. The van der Waals surface area contributed by atoms with E-state index in [4.69, 9.17) is 4.74 Å². The maximum Gasteiger partial charge on any atom is 0.121 e. The van der Waals surface area contributed by atoms with Crippen LogP contribution in [0.4, 0.5) is 0 Å². The predicted molar refractivity (Wildman–Crippen MR) is 79.5 cm³/mol. The van der Waals surface area contributed by atoms with Crippen molar-refractivity contribution in [2.24, 2.45) is 7.05 Å². The molecule has 1 aromatic heterocycles. The van der Waals surface area contributed by atoms with Gasteiger partial charge in [-0.3, -0.25) is 4.68 Å². The molecule has 2 rings (SSSR count). The molecule has 1 N–H and O–H groups in total. The van der Waals surface area contributed by atoms with Crippen LogP contribution >= 0.6 is 15.9 Å². The highest BCUT2D eigenvalue weighted by atomic mass is 79.9. The van der Waals surface area contributed by atoms with E-state index < -0.39 is 0 Å². The van der Waals surface area contributed by atoms with Crippen LogP contribution in [0.25, 0.3) is 0 Å². The number of rotatable bonds is 4. The molecule has 0 saturated heterocycles. The van der Waals surface area contributed by atoms with Gasteiger partial charge >= 0.3 is 0 Å². The van der Waals surface area contributed by atoms with Gasteiger partial charge in [-0.05, 0) is 47.1 Å². The number of aryl methyl sites for hydroxylation is 2. The maximum atomic E-state index is 5.30. The minimum atomic E-state index is 0.0893. The number of nitrogens with one attached hydrogen (secondary N) is 1. The Morgan fingerprint density at radius 1 is 1.42 bits per heavy atom. The predicted octanol–water partition coefficient (Wildman–Crippen LogP) is 2.81. The second-order valence-electron chi connectivity index (χ2n) is 4.45. The third-order valence-electron chi connectivity index (χ3n) is 3.25. The van der Waals surface area contributed by atoms with Gasteiger partial charge in [-0.1, -0.05) is 12.1 Å². The molecule has 0 fully saturated rings. The second-order valence-corrected chi connectivity index (χ2v) is 5.31. The first-order valence-electron chi connectivity index (χ1n) is 6.07. The van der Waals surface area contributed by atoms with E-state index in [1.807, 2.05) is 38.0 Å². The number of halogens is 1. The summed E-state index contributed by atoms with van der Waals surface area (Å²) < 4.78 is 8.19. The normalized spacial score (nSPS) is 12.5. The summed E-state index contributed by atoms with van der Waals surface area (Å²) in [7, 11) is 5.58. The second kappa shape index (κ2) is 5.75. The lowest BCUT2D eigenvalue weighted by molar-refractivity contribution is 0.411. The fourth-order valence-electron chi connectivity index (χ4n) is 2.29. The molecule has 0 bridgehead atoms. The van der Waals surface area contributed by atoms with Crippen molar-refractivity contribution >= 4 is 15.9 Å². The number of ether oxygens (including phenoxy) is 1. The van der Waals surface area contributed by atoms with Crippen molar-refractivity contribution in [1.29, 1.82) is 0 Å². The van der Waals surface area contributed by atoms with Gasteiger partial charge in [0.25, 0.3) is 0 Å². The van der Waals surface area contributed by atoms with E-state index in [2.05, 4.69) is 38.5 Å². The Morgan fingerprint density at radius 2 is 2.16 bits per heavy atom. The topological polar surface area (TPSA) is 39.1 Å². The molecule has 0 aliphatic heterocycles. The lowest BCUT2D eigenvalue weighted by Gasteiger charge is -2.19. The van der Waals surface area contributed by atoms with E-state index in [1.54, 1.807) is 7.11 Å². The molecule has 1 heterocycles. The fourth-order valence-corrected chi connectivity index (χ4v) is 2.86. The zero-order chi connectivity index (χ0) is 14.0. The van der Waals surface area contributed by atoms with Gasteiger partial charge in [0.1, 0.15) is 5.75 Å². The van der Waals surface area contributed by atoms with E-state index in [-0.39, 0.29) is 6.04 Å². The third kappa shape index (κ3) is 2.67. The number of benzene rings is 1. The summed E-state index contributed by atoms with van der Waals surface area (Å²) in [5.41, 5.74) is 3.41. The monoisotopic (exact) mass is 323 g/mol. The Bertz CT molecular complexity index is 561. The highest BCUT2D eigenvalue weighted by Gasteiger charge is 2.19. The first-order chi connectivity index (χ1) is 9.08. The molecule has 19 heavy (non-hydrogen) atoms. The molecule has 0 spiro atoms. The van der Waals surface area contributed by atoms with E-state index in [1.165, 1.54) is 5.56 Å². The van der Waals surface area contributed by atoms with Crippen LogP contribution in [-0.4, -0.2) is 23.9 Å². The van der Waals surface area contributed by atoms with Crippen LogP contribution in [-0.2, 0) is 7.05 Å². The van der Waals surface area contributed by atoms with Crippen molar-refractivity contribution in [2.75, 3.05) is 14.2 Å². The fraction of sp³-hybridized carbons (Fsp3) is 0.357. The summed E-state index contributed by atoms with van der Waals surface area (Å²) in [6.07, 6.45) is 1.82. The first-order valence-corrected chi connectivity index (χ1v) is 6.87. The average molecular weight is 324 g/mol. The van der Waals surface area contributed by atoms with Crippen molar-refractivity contribution < 1.29 is 4.74 Å². The van der Waals surface area contributed by atoms with Gasteiger partial charge < -0.3 is 10.1 Å². The minimum absolute atomic E-state index is 0.0893. The SMILES string of the molecule is CNC(c1ccc(OC)c(C)c1)c1c(Br)cnn1C. The largest absolute Gasteiger partial charge is 0.496 e. The van der Waals surface area contributed by atoms with Crippen LogP contribution in [0.15, 0.2) is 28.9 Å². The van der Waals surface area contributed by atoms with Crippen molar-refractivity contribution in [3.63, 3.8) is 0 Å². The van der Waals surface area contributed by atoms with Gasteiger partial charge in [0, 0.05) is 7.05 Å². The molecule has 0 aliphatic rings. The molecular weight excluding hydrogens is 306 g/mol. The van der Waals surface area contributed by atoms with E-state index in [0.717, 1.165) is 21.5 Å². The summed E-state index contributed by atoms with van der Waals surface area (Å²) in [6, 6.07) is 6.30. The number of hydrogen-bond acceptors (Lipinski definition) is 3. The standard InChI is InChI=1S/C14H18BrN3O/c1-9-7-10(5-6-12(9)19-4)13(16-2)14-11(15)8-17-18(14)3/h5-8,13,16H,1-4H3. The molecule has 4 nitrogen and oxygen atoms in total. The molecule has 0 aliphatic carbocycles. The molecule has 5 heteroatoms. The summed E-state index contributed by atoms with van der Waals surface area (Å²) >= 11 is 3.55. The van der Waals surface area contributed by atoms with E-state index >= 15 is 0 Å². The van der Waals surface area contributed by atoms with Crippen molar-refractivity contribution in [1.82, 2.24) is 15.1 Å². The number of methoxy groups -OCH3 is 1. The molecule has 102 valence electrons. The van der Waals surface area contributed by atoms with Gasteiger partial charge in [-0.15, -0.1) is 0 Å². The smallest absolute Gasteiger partial charge is 0.121 e. The highest BCUT2D eigenvalue weighted by Crippen LogP contribution is 2.30. The van der Waals surface area contributed by atoms with Crippen molar-refractivity contribution in [2.45, 2.75) is 13.0 Å². The number of hydrogen-bond donors (Lipinski definition) is 1. The Balaban J connectivity index is 2.46. The maximum absolute atomic E-state index is 5.30. The van der Waals surface area contributed by atoms with E-state index in [9.17, 15) is 0 Å². The van der Waals surface area contributed by atoms with Crippen LogP contribution in [0, 0.1) is 6.92 Å². The summed E-state index contributed by atoms with van der Waals surface area (Å²) in [6.45, 7) is 2.05. The average Bonchev–Trinajstić information content (AvgIpc) is 2.72. The van der Waals surface area contributed by atoms with Crippen LogP contribution in [0.3, 0.4) is 0 Å². The van der Waals surface area contributed by atoms with Crippen molar-refractivity contribution in [3.8, 4) is 5.75 Å². The minimum Gasteiger partial charge on any atom is -0.496 e. The Labute approximate surface area is 121 Å². The molecule has 2 aromatic rings. The molecule has 0 saturated carbocycles. The van der Waals surface area contributed by atoms with Crippen LogP contribution < -0.4 is 10.1 Å². The molecule has 0 amide bonds. The summed E-state index contributed by atoms with van der Waals surface area (Å²) in [4.78, 5) is 0. The van der Waals surface area contributed by atoms with Gasteiger partial charge in [-0.25, -0.2) is 0 Å². The number of nitrogens with zero attached hydrogens (tertiary/aromatic N) is 2. The Morgan fingerprint density at radius 3 is 2.63 bits per heavy atom. The quantitative estimate of drug-likeness (QED) is 0.940. The molecular formula is C14H18BrN3O. The van der Waals surface area contributed by atoms with Crippen LogP contribution in [0.2, 0.25) is 0 Å². The zero-order valence-electron chi connectivity index (χ0n) is 11.6. The Hall–Kier alpha value is -1.33. The Kier molecular flexibility index (Phi) is 4.27. The number of aromatic nitrogens is 2. The molecule has 0 radical (unpaired) electrons. The van der Waals surface area contributed by atoms with E-state index in [0.29, 0.717) is 0 Å². The van der Waals surface area contributed by atoms with Crippen LogP contribution in [0.5, 0.6) is 5.75 Å². The lowest BCUT2D eigenvalue weighted by Crippen LogP contribution is -2.21. The lowest BCUT2D eigenvalue weighted by atomic mass is 10.0. The van der Waals surface area contributed by atoms with Gasteiger partial charge in [0.2, 0.25) is 0 Å². The third-order valence-corrected chi connectivity index (χ3v) is 3.86. The van der Waals surface area contributed by atoms with Gasteiger partial charge in [0.15, 0.2) is 0 Å². The highest BCUT2D eigenvalue weighted by molar-refractivity contribution is 9.10. The summed E-state index contributed by atoms with van der Waals surface area (Å²) in [5, 5.41) is 7.61. The summed E-state index contributed by atoms with van der Waals surface area (Å²) in [5.74, 6) is 0.905. The van der Waals surface area contributed by atoms with Crippen LogP contribution in [0.1, 0.15) is 22.9 Å². The molecule has 1 unspecified atom stereocenters. The van der Waals surface area contributed by atoms with Gasteiger partial charge in [-0.2, -0.15) is 5.10 Å². The van der Waals surface area contributed by atoms with Gasteiger partial charge in [0.05, 0.1) is 29.5 Å². The van der Waals surface area contributed by atoms with Crippen molar-refractivity contribution in [3.05, 3.63) is 45.7 Å². The molecule has 1 atom stereocenters.